The highest BCUT2D eigenvalue weighted by atomic mass is 19.1. The number of rotatable bonds is 4. The molecule has 0 aromatic heterocycles. The molecule has 7 heteroatoms. The molecular weight excluding hydrogens is 327 g/mol. The van der Waals surface area contributed by atoms with Gasteiger partial charge in [-0.05, 0) is 17.7 Å². The van der Waals surface area contributed by atoms with Gasteiger partial charge in [-0.25, -0.2) is 9.18 Å². The molecule has 0 saturated carbocycles. The number of likely N-dealkylation sites (tertiary alicyclic amines) is 1. The molecule has 1 atom stereocenters. The second kappa shape index (κ2) is 6.82. The smallest absolute Gasteiger partial charge is 0.343 e. The van der Waals surface area contributed by atoms with E-state index in [1.54, 1.807) is 24.3 Å². The largest absolute Gasteiger partial charge is 0.479 e. The van der Waals surface area contributed by atoms with Crippen LogP contribution in [-0.2, 0) is 16.1 Å². The Morgan fingerprint density at radius 2 is 1.84 bits per heavy atom. The van der Waals surface area contributed by atoms with E-state index in [-0.39, 0.29) is 18.9 Å². The molecular formula is C18H23FN2O4. The Kier molecular flexibility index (Phi) is 5.15. The summed E-state index contributed by atoms with van der Waals surface area (Å²) in [5.41, 5.74) is -1.65. The minimum atomic E-state index is -2.37. The summed E-state index contributed by atoms with van der Waals surface area (Å²) in [7, 11) is 0. The van der Waals surface area contributed by atoms with Gasteiger partial charge in [0.2, 0.25) is 11.6 Å². The quantitative estimate of drug-likeness (QED) is 0.869. The minimum absolute atomic E-state index is 0.0716. The van der Waals surface area contributed by atoms with Crippen molar-refractivity contribution in [3.8, 4) is 0 Å². The number of amides is 2. The van der Waals surface area contributed by atoms with E-state index in [0.29, 0.717) is 12.1 Å². The van der Waals surface area contributed by atoms with Crippen molar-refractivity contribution >= 4 is 17.8 Å². The fourth-order valence-electron chi connectivity index (χ4n) is 2.52. The van der Waals surface area contributed by atoms with Gasteiger partial charge in [0.05, 0.1) is 6.54 Å². The number of carboxylic acid groups (broad SMARTS) is 1. The number of nitrogens with zero attached hydrogens (tertiary/aromatic N) is 1. The van der Waals surface area contributed by atoms with Gasteiger partial charge in [0.25, 0.3) is 5.91 Å². The molecule has 2 amide bonds. The zero-order valence-electron chi connectivity index (χ0n) is 14.6. The van der Waals surface area contributed by atoms with Crippen LogP contribution in [0.4, 0.5) is 4.39 Å². The van der Waals surface area contributed by atoms with E-state index in [9.17, 15) is 18.8 Å². The van der Waals surface area contributed by atoms with Gasteiger partial charge in [0.1, 0.15) is 0 Å². The van der Waals surface area contributed by atoms with Crippen molar-refractivity contribution in [1.82, 2.24) is 10.2 Å². The molecule has 0 radical (unpaired) electrons. The number of carboxylic acids is 1. The van der Waals surface area contributed by atoms with E-state index in [1.165, 1.54) is 4.90 Å². The second-order valence-corrected chi connectivity index (χ2v) is 7.38. The van der Waals surface area contributed by atoms with Crippen molar-refractivity contribution in [3.05, 3.63) is 35.4 Å². The van der Waals surface area contributed by atoms with Crippen LogP contribution in [0.3, 0.4) is 0 Å². The number of benzene rings is 1. The summed E-state index contributed by atoms with van der Waals surface area (Å²) >= 11 is 0. The second-order valence-electron chi connectivity index (χ2n) is 7.38. The molecule has 1 saturated heterocycles. The molecule has 1 aromatic rings. The van der Waals surface area contributed by atoms with Crippen LogP contribution in [0, 0.1) is 5.41 Å². The van der Waals surface area contributed by atoms with E-state index in [2.05, 4.69) is 5.32 Å². The molecule has 0 spiro atoms. The Labute approximate surface area is 146 Å². The molecule has 0 aliphatic carbocycles. The highest BCUT2D eigenvalue weighted by molar-refractivity contribution is 5.95. The Bertz CT molecular complexity index is 681. The summed E-state index contributed by atoms with van der Waals surface area (Å²) in [5.74, 6) is -2.00. The van der Waals surface area contributed by atoms with Gasteiger partial charge in [0, 0.05) is 30.5 Å². The van der Waals surface area contributed by atoms with Gasteiger partial charge in [-0.2, -0.15) is 0 Å². The molecule has 1 aromatic carbocycles. The van der Waals surface area contributed by atoms with Crippen LogP contribution in [0.2, 0.25) is 0 Å². The molecule has 6 nitrogen and oxygen atoms in total. The van der Waals surface area contributed by atoms with Crippen molar-refractivity contribution < 1.29 is 23.9 Å². The summed E-state index contributed by atoms with van der Waals surface area (Å²) < 4.78 is 14.1. The van der Waals surface area contributed by atoms with Gasteiger partial charge in [-0.15, -0.1) is 0 Å². The Balaban J connectivity index is 1.97. The summed E-state index contributed by atoms with van der Waals surface area (Å²) in [6, 6.07) is 6.62. The first-order chi connectivity index (χ1) is 11.5. The average molecular weight is 350 g/mol. The molecule has 2 rings (SSSR count). The Morgan fingerprint density at radius 1 is 1.24 bits per heavy atom. The first-order valence-electron chi connectivity index (χ1n) is 8.12. The van der Waals surface area contributed by atoms with Gasteiger partial charge in [-0.1, -0.05) is 32.9 Å². The van der Waals surface area contributed by atoms with Crippen LogP contribution < -0.4 is 5.32 Å². The molecule has 1 fully saturated rings. The highest BCUT2D eigenvalue weighted by Gasteiger charge is 2.46. The maximum atomic E-state index is 14.1. The van der Waals surface area contributed by atoms with Crippen LogP contribution in [0.5, 0.6) is 0 Å². The summed E-state index contributed by atoms with van der Waals surface area (Å²) in [4.78, 5) is 36.3. The van der Waals surface area contributed by atoms with Crippen molar-refractivity contribution in [2.45, 2.75) is 39.4 Å². The number of hydrogen-bond donors (Lipinski definition) is 2. The lowest BCUT2D eigenvalue weighted by Crippen LogP contribution is -2.38. The first-order valence-corrected chi connectivity index (χ1v) is 8.12. The van der Waals surface area contributed by atoms with Crippen LogP contribution >= 0.6 is 0 Å². The Hall–Kier alpha value is -2.44. The van der Waals surface area contributed by atoms with Gasteiger partial charge in [0.15, 0.2) is 0 Å². The number of hydrogen-bond acceptors (Lipinski definition) is 3. The van der Waals surface area contributed by atoms with Crippen molar-refractivity contribution in [2.75, 3.05) is 13.1 Å². The van der Waals surface area contributed by atoms with E-state index in [0.717, 1.165) is 5.56 Å². The third-order valence-electron chi connectivity index (χ3n) is 4.23. The third kappa shape index (κ3) is 4.35. The molecule has 136 valence electrons. The number of aliphatic carboxylic acids is 1. The van der Waals surface area contributed by atoms with Crippen LogP contribution in [-0.4, -0.2) is 46.5 Å². The third-order valence-corrected chi connectivity index (χ3v) is 4.23. The van der Waals surface area contributed by atoms with E-state index < -0.39 is 29.5 Å². The van der Waals surface area contributed by atoms with Gasteiger partial charge >= 0.3 is 5.97 Å². The number of nitrogens with one attached hydrogen (secondary N) is 1. The van der Waals surface area contributed by atoms with E-state index in [1.807, 2.05) is 20.8 Å². The zero-order chi connectivity index (χ0) is 18.8. The maximum absolute atomic E-state index is 14.1. The zero-order valence-corrected chi connectivity index (χ0v) is 14.6. The Morgan fingerprint density at radius 3 is 2.32 bits per heavy atom. The molecule has 1 aliphatic rings. The monoisotopic (exact) mass is 350 g/mol. The van der Waals surface area contributed by atoms with E-state index in [4.69, 9.17) is 5.11 Å². The molecule has 0 bridgehead atoms. The predicted molar refractivity (Wildman–Crippen MR) is 89.7 cm³/mol. The highest BCUT2D eigenvalue weighted by Crippen LogP contribution is 2.27. The number of carbonyl (C=O) groups is 3. The van der Waals surface area contributed by atoms with Crippen LogP contribution in [0.1, 0.15) is 43.1 Å². The summed E-state index contributed by atoms with van der Waals surface area (Å²) in [5, 5.41) is 11.7. The van der Waals surface area contributed by atoms with Crippen LogP contribution in [0.25, 0.3) is 0 Å². The molecule has 1 unspecified atom stereocenters. The van der Waals surface area contributed by atoms with Gasteiger partial charge < -0.3 is 15.3 Å². The lowest BCUT2D eigenvalue weighted by molar-refractivity contribution is -0.149. The molecule has 1 heterocycles. The van der Waals surface area contributed by atoms with Crippen molar-refractivity contribution in [3.63, 3.8) is 0 Å². The number of carbonyl (C=O) groups excluding carboxylic acids is 2. The lowest BCUT2D eigenvalue weighted by Gasteiger charge is -2.19. The number of alkyl halides is 1. The van der Waals surface area contributed by atoms with E-state index >= 15 is 0 Å². The van der Waals surface area contributed by atoms with Gasteiger partial charge in [-0.3, -0.25) is 9.59 Å². The summed E-state index contributed by atoms with van der Waals surface area (Å²) in [6.45, 7) is 5.45. The SMILES string of the molecule is CC(C)(C)C(=O)NCc1ccc(C(=O)N2CCC(F)(C(=O)O)C2)cc1. The fraction of sp³-hybridized carbons (Fsp3) is 0.500. The average Bonchev–Trinajstić information content (AvgIpc) is 2.95. The summed E-state index contributed by atoms with van der Waals surface area (Å²) in [6.07, 6.45) is -0.203. The normalized spacial score (nSPS) is 20.4. The molecule has 25 heavy (non-hydrogen) atoms. The standard InChI is InChI=1S/C18H23FN2O4/c1-17(2,3)15(23)20-10-12-4-6-13(7-5-12)14(22)21-9-8-18(19,11-21)16(24)25/h4-7H,8-11H2,1-3H3,(H,20,23)(H,24,25). The topological polar surface area (TPSA) is 86.7 Å². The minimum Gasteiger partial charge on any atom is -0.479 e. The molecule has 1 aliphatic heterocycles. The van der Waals surface area contributed by atoms with Crippen molar-refractivity contribution in [2.24, 2.45) is 5.41 Å². The van der Waals surface area contributed by atoms with Crippen molar-refractivity contribution in [1.29, 1.82) is 0 Å². The molecule has 2 N–H and O–H groups in total. The lowest BCUT2D eigenvalue weighted by atomic mass is 9.95. The fourth-order valence-corrected chi connectivity index (χ4v) is 2.52. The maximum Gasteiger partial charge on any atom is 0.343 e. The van der Waals surface area contributed by atoms with Crippen LogP contribution in [0.15, 0.2) is 24.3 Å². The first kappa shape index (κ1) is 18.9. The number of halogens is 1. The predicted octanol–water partition coefficient (Wildman–Crippen LogP) is 1.99.